The van der Waals surface area contributed by atoms with Crippen LogP contribution in [0.3, 0.4) is 0 Å². The third-order valence-electron chi connectivity index (χ3n) is 5.58. The van der Waals surface area contributed by atoms with Crippen molar-refractivity contribution in [3.63, 3.8) is 0 Å². The number of benzene rings is 2. The molecule has 31 heavy (non-hydrogen) atoms. The zero-order valence-corrected chi connectivity index (χ0v) is 18.6. The van der Waals surface area contributed by atoms with Crippen molar-refractivity contribution in [3.05, 3.63) is 60.2 Å². The van der Waals surface area contributed by atoms with Crippen LogP contribution in [-0.4, -0.2) is 74.6 Å². The van der Waals surface area contributed by atoms with Crippen molar-refractivity contribution in [1.82, 2.24) is 9.80 Å². The first kappa shape index (κ1) is 22.8. The molecule has 2 aromatic rings. The summed E-state index contributed by atoms with van der Waals surface area (Å²) in [6, 6.07) is 17.3. The molecule has 1 atom stereocenters. The number of nitrogens with one attached hydrogen (secondary N) is 1. The Bertz CT molecular complexity index is 851. The number of amides is 2. The smallest absolute Gasteiger partial charge is 0.239 e. The summed E-state index contributed by atoms with van der Waals surface area (Å²) in [5.74, 6) is -0.166. The summed E-state index contributed by atoms with van der Waals surface area (Å²) in [4.78, 5) is 31.0. The number of morpholine rings is 1. The first-order chi connectivity index (χ1) is 14.9. The van der Waals surface area contributed by atoms with E-state index in [1.54, 1.807) is 23.9 Å². The van der Waals surface area contributed by atoms with Crippen molar-refractivity contribution in [2.75, 3.05) is 57.2 Å². The molecule has 2 amide bonds. The highest BCUT2D eigenvalue weighted by Gasteiger charge is 2.23. The van der Waals surface area contributed by atoms with E-state index in [4.69, 9.17) is 4.74 Å². The fourth-order valence-corrected chi connectivity index (χ4v) is 3.58. The van der Waals surface area contributed by atoms with Crippen LogP contribution in [0.25, 0.3) is 0 Å². The fourth-order valence-electron chi connectivity index (χ4n) is 3.58. The number of carbonyl (C=O) groups excluding carboxylic acids is 2. The van der Waals surface area contributed by atoms with E-state index in [0.29, 0.717) is 6.54 Å². The number of ether oxygens (including phenoxy) is 1. The molecule has 3 rings (SSSR count). The Morgan fingerprint density at radius 3 is 2.32 bits per heavy atom. The lowest BCUT2D eigenvalue weighted by atomic mass is 10.2. The molecule has 1 heterocycles. The van der Waals surface area contributed by atoms with Gasteiger partial charge in [-0.25, -0.2) is 0 Å². The van der Waals surface area contributed by atoms with Gasteiger partial charge in [-0.05, 0) is 43.8 Å². The average Bonchev–Trinajstić information content (AvgIpc) is 2.79. The second-order valence-corrected chi connectivity index (χ2v) is 7.97. The van der Waals surface area contributed by atoms with Crippen LogP contribution in [0.15, 0.2) is 54.6 Å². The van der Waals surface area contributed by atoms with Crippen molar-refractivity contribution in [2.45, 2.75) is 19.5 Å². The monoisotopic (exact) mass is 424 g/mol. The van der Waals surface area contributed by atoms with Crippen LogP contribution < -0.4 is 10.2 Å². The lowest BCUT2D eigenvalue weighted by Gasteiger charge is -2.29. The predicted octanol–water partition coefficient (Wildman–Crippen LogP) is 2.44. The van der Waals surface area contributed by atoms with Gasteiger partial charge < -0.3 is 19.9 Å². The predicted molar refractivity (Wildman–Crippen MR) is 123 cm³/mol. The van der Waals surface area contributed by atoms with Crippen LogP contribution in [0.4, 0.5) is 11.4 Å². The molecular weight excluding hydrogens is 392 g/mol. The summed E-state index contributed by atoms with van der Waals surface area (Å²) >= 11 is 0. The highest BCUT2D eigenvalue weighted by atomic mass is 16.5. The van der Waals surface area contributed by atoms with Crippen molar-refractivity contribution in [3.8, 4) is 0 Å². The van der Waals surface area contributed by atoms with Crippen molar-refractivity contribution >= 4 is 23.2 Å². The summed E-state index contributed by atoms with van der Waals surface area (Å²) in [7, 11) is 3.58. The summed E-state index contributed by atoms with van der Waals surface area (Å²) in [5, 5.41) is 2.92. The van der Waals surface area contributed by atoms with Crippen LogP contribution in [0.5, 0.6) is 0 Å². The minimum Gasteiger partial charge on any atom is -0.378 e. The van der Waals surface area contributed by atoms with E-state index in [0.717, 1.165) is 43.2 Å². The number of nitrogens with zero attached hydrogens (tertiary/aromatic N) is 3. The van der Waals surface area contributed by atoms with Crippen LogP contribution in [-0.2, 0) is 20.9 Å². The van der Waals surface area contributed by atoms with Gasteiger partial charge in [0, 0.05) is 38.1 Å². The number of likely N-dealkylation sites (N-methyl/N-ethyl adjacent to an activating group) is 2. The summed E-state index contributed by atoms with van der Waals surface area (Å²) in [6.07, 6.45) is 0. The van der Waals surface area contributed by atoms with E-state index in [9.17, 15) is 9.59 Å². The van der Waals surface area contributed by atoms with Gasteiger partial charge in [0.05, 0.1) is 25.8 Å². The quantitative estimate of drug-likeness (QED) is 0.705. The second kappa shape index (κ2) is 10.9. The average molecular weight is 425 g/mol. The first-order valence-corrected chi connectivity index (χ1v) is 10.7. The summed E-state index contributed by atoms with van der Waals surface area (Å²) < 4.78 is 5.38. The van der Waals surface area contributed by atoms with E-state index < -0.39 is 6.04 Å². The molecule has 1 fully saturated rings. The molecule has 7 nitrogen and oxygen atoms in total. The van der Waals surface area contributed by atoms with Crippen molar-refractivity contribution in [1.29, 1.82) is 0 Å². The normalized spacial score (nSPS) is 14.9. The Kier molecular flexibility index (Phi) is 8.03. The molecule has 1 saturated heterocycles. The van der Waals surface area contributed by atoms with Crippen LogP contribution in [0, 0.1) is 0 Å². The third-order valence-corrected chi connectivity index (χ3v) is 5.58. The van der Waals surface area contributed by atoms with Gasteiger partial charge in [-0.1, -0.05) is 30.3 Å². The summed E-state index contributed by atoms with van der Waals surface area (Å²) in [5.41, 5.74) is 2.95. The number of carbonyl (C=O) groups is 2. The SMILES string of the molecule is C[C@H](C(=O)N(C)Cc1ccccc1)N(C)CC(=O)Nc1ccc(N2CCOCC2)cc1. The molecule has 0 saturated carbocycles. The molecule has 0 unspecified atom stereocenters. The van der Waals surface area contributed by atoms with E-state index in [-0.39, 0.29) is 18.4 Å². The number of hydrogen-bond acceptors (Lipinski definition) is 5. The lowest BCUT2D eigenvalue weighted by Crippen LogP contribution is -2.46. The maximum absolute atomic E-state index is 12.8. The van der Waals surface area contributed by atoms with Gasteiger partial charge in [0.15, 0.2) is 0 Å². The van der Waals surface area contributed by atoms with Gasteiger partial charge in [-0.3, -0.25) is 14.5 Å². The molecule has 1 aliphatic rings. The van der Waals surface area contributed by atoms with E-state index >= 15 is 0 Å². The first-order valence-electron chi connectivity index (χ1n) is 10.7. The zero-order chi connectivity index (χ0) is 22.2. The van der Waals surface area contributed by atoms with Gasteiger partial charge >= 0.3 is 0 Å². The van der Waals surface area contributed by atoms with Crippen LogP contribution >= 0.6 is 0 Å². The fraction of sp³-hybridized carbons (Fsp3) is 0.417. The molecule has 7 heteroatoms. The Morgan fingerprint density at radius 1 is 1.03 bits per heavy atom. The third kappa shape index (κ3) is 6.54. The Labute approximate surface area is 184 Å². The van der Waals surface area contributed by atoms with E-state index in [1.807, 2.05) is 61.5 Å². The Morgan fingerprint density at radius 2 is 1.68 bits per heavy atom. The van der Waals surface area contributed by atoms with Gasteiger partial charge in [0.2, 0.25) is 11.8 Å². The maximum Gasteiger partial charge on any atom is 0.239 e. The molecule has 1 aliphatic heterocycles. The molecule has 0 aromatic heterocycles. The lowest BCUT2D eigenvalue weighted by molar-refractivity contribution is -0.135. The van der Waals surface area contributed by atoms with Crippen molar-refractivity contribution in [2.24, 2.45) is 0 Å². The number of rotatable bonds is 8. The molecule has 1 N–H and O–H groups in total. The Balaban J connectivity index is 1.48. The number of anilines is 2. The van der Waals surface area contributed by atoms with E-state index in [2.05, 4.69) is 10.2 Å². The summed E-state index contributed by atoms with van der Waals surface area (Å²) in [6.45, 7) is 5.73. The molecule has 0 bridgehead atoms. The minimum atomic E-state index is -0.400. The van der Waals surface area contributed by atoms with Gasteiger partial charge in [0.25, 0.3) is 0 Å². The molecule has 0 spiro atoms. The highest BCUT2D eigenvalue weighted by molar-refractivity contribution is 5.93. The molecule has 166 valence electrons. The highest BCUT2D eigenvalue weighted by Crippen LogP contribution is 2.19. The standard InChI is InChI=1S/C24H32N4O3/c1-19(24(30)27(3)17-20-7-5-4-6-8-20)26(2)18-23(29)25-21-9-11-22(12-10-21)28-13-15-31-16-14-28/h4-12,19H,13-18H2,1-3H3,(H,25,29)/t19-/m1/s1. The largest absolute Gasteiger partial charge is 0.378 e. The molecular formula is C24H32N4O3. The van der Waals surface area contributed by atoms with Gasteiger partial charge in [-0.2, -0.15) is 0 Å². The number of hydrogen-bond donors (Lipinski definition) is 1. The Hall–Kier alpha value is -2.90. The van der Waals surface area contributed by atoms with Gasteiger partial charge in [-0.15, -0.1) is 0 Å². The van der Waals surface area contributed by atoms with E-state index in [1.165, 1.54) is 0 Å². The van der Waals surface area contributed by atoms with Crippen LogP contribution in [0.2, 0.25) is 0 Å². The van der Waals surface area contributed by atoms with Crippen LogP contribution in [0.1, 0.15) is 12.5 Å². The van der Waals surface area contributed by atoms with Crippen molar-refractivity contribution < 1.29 is 14.3 Å². The topological polar surface area (TPSA) is 65.1 Å². The maximum atomic E-state index is 12.8. The zero-order valence-electron chi connectivity index (χ0n) is 18.6. The van der Waals surface area contributed by atoms with Gasteiger partial charge in [0.1, 0.15) is 0 Å². The minimum absolute atomic E-state index is 0.0194. The molecule has 2 aromatic carbocycles. The molecule has 0 radical (unpaired) electrons. The molecule has 0 aliphatic carbocycles. The second-order valence-electron chi connectivity index (χ2n) is 7.97.